The monoisotopic (exact) mass is 316 g/mol. The highest BCUT2D eigenvalue weighted by atomic mass is 19.4. The summed E-state index contributed by atoms with van der Waals surface area (Å²) in [5, 5.41) is 8.95. The molecule has 0 radical (unpaired) electrons. The number of aromatic hydroxyl groups is 1. The fourth-order valence-electron chi connectivity index (χ4n) is 1.54. The van der Waals surface area contributed by atoms with Crippen LogP contribution < -0.4 is 5.73 Å². The molecule has 1 aromatic rings. The highest BCUT2D eigenvalue weighted by molar-refractivity contribution is 5.95. The van der Waals surface area contributed by atoms with Gasteiger partial charge in [0.25, 0.3) is 5.91 Å². The molecule has 0 saturated carbocycles. The molecule has 0 bridgehead atoms. The molecule has 0 aromatic heterocycles. The summed E-state index contributed by atoms with van der Waals surface area (Å²) < 4.78 is 76.4. The second-order valence-electron chi connectivity index (χ2n) is 4.01. The number of carbonyl (C=O) groups excluding carboxylic acids is 1. The first-order valence-electron chi connectivity index (χ1n) is 5.51. The van der Waals surface area contributed by atoms with Crippen LogP contribution in [0, 0.1) is 17.5 Å². The summed E-state index contributed by atoms with van der Waals surface area (Å²) in [6.45, 7) is -2.70. The van der Waals surface area contributed by atoms with E-state index >= 15 is 0 Å². The predicted molar refractivity (Wildman–Crippen MR) is 59.0 cm³/mol. The molecule has 0 fully saturated rings. The average molecular weight is 316 g/mol. The van der Waals surface area contributed by atoms with Crippen LogP contribution in [0.15, 0.2) is 6.07 Å². The van der Waals surface area contributed by atoms with Crippen molar-refractivity contribution < 1.29 is 36.2 Å². The van der Waals surface area contributed by atoms with Crippen molar-refractivity contribution in [2.45, 2.75) is 6.18 Å². The van der Waals surface area contributed by atoms with E-state index in [1.165, 1.54) is 0 Å². The third kappa shape index (κ3) is 4.00. The molecule has 1 amide bonds. The van der Waals surface area contributed by atoms with Gasteiger partial charge in [0, 0.05) is 13.1 Å². The average Bonchev–Trinajstić information content (AvgIpc) is 2.38. The van der Waals surface area contributed by atoms with Gasteiger partial charge in [-0.1, -0.05) is 0 Å². The lowest BCUT2D eigenvalue weighted by atomic mass is 10.1. The Morgan fingerprint density at radius 2 is 1.81 bits per heavy atom. The molecule has 0 aliphatic rings. The summed E-state index contributed by atoms with van der Waals surface area (Å²) in [5.74, 6) is -8.90. The Labute approximate surface area is 114 Å². The molecule has 4 nitrogen and oxygen atoms in total. The molecule has 0 saturated heterocycles. The van der Waals surface area contributed by atoms with Gasteiger partial charge in [-0.2, -0.15) is 17.6 Å². The van der Waals surface area contributed by atoms with E-state index < -0.39 is 53.9 Å². The maximum Gasteiger partial charge on any atom is 0.406 e. The van der Waals surface area contributed by atoms with Crippen LogP contribution in [0.1, 0.15) is 10.4 Å². The van der Waals surface area contributed by atoms with Crippen molar-refractivity contribution in [2.24, 2.45) is 5.73 Å². The molecule has 0 atom stereocenters. The predicted octanol–water partition coefficient (Wildman–Crippen LogP) is 1.77. The van der Waals surface area contributed by atoms with Gasteiger partial charge in [-0.25, -0.2) is 8.78 Å². The highest BCUT2D eigenvalue weighted by Gasteiger charge is 2.34. The summed E-state index contributed by atoms with van der Waals surface area (Å²) in [7, 11) is 0. The van der Waals surface area contributed by atoms with E-state index in [0.717, 1.165) is 0 Å². The summed E-state index contributed by atoms with van der Waals surface area (Å²) >= 11 is 0. The van der Waals surface area contributed by atoms with Crippen molar-refractivity contribution in [3.63, 3.8) is 0 Å². The first-order valence-corrected chi connectivity index (χ1v) is 5.51. The molecule has 0 aliphatic carbocycles. The fraction of sp³-hybridized carbons (Fsp3) is 0.364. The minimum Gasteiger partial charge on any atom is -0.503 e. The molecule has 1 rings (SSSR count). The van der Waals surface area contributed by atoms with Crippen molar-refractivity contribution in [3.8, 4) is 5.75 Å². The van der Waals surface area contributed by atoms with Crippen molar-refractivity contribution >= 4 is 5.91 Å². The summed E-state index contributed by atoms with van der Waals surface area (Å²) in [4.78, 5) is 11.9. The lowest BCUT2D eigenvalue weighted by molar-refractivity contribution is -0.140. The summed E-state index contributed by atoms with van der Waals surface area (Å²) in [6.07, 6.45) is -4.79. The molecule has 10 heteroatoms. The molecule has 1 aromatic carbocycles. The zero-order chi connectivity index (χ0) is 16.4. The minimum absolute atomic E-state index is 0.0760. The van der Waals surface area contributed by atoms with Gasteiger partial charge in [-0.3, -0.25) is 4.79 Å². The number of hydrogen-bond acceptors (Lipinski definition) is 3. The fourth-order valence-corrected chi connectivity index (χ4v) is 1.54. The number of benzene rings is 1. The number of amides is 1. The third-order valence-corrected chi connectivity index (χ3v) is 2.42. The van der Waals surface area contributed by atoms with Gasteiger partial charge in [0.15, 0.2) is 17.4 Å². The zero-order valence-corrected chi connectivity index (χ0v) is 10.3. The number of phenols is 1. The Kier molecular flexibility index (Phi) is 5.05. The summed E-state index contributed by atoms with van der Waals surface area (Å²) in [5.41, 5.74) is 3.83. The maximum atomic E-state index is 13.5. The van der Waals surface area contributed by atoms with E-state index in [1.807, 2.05) is 0 Å². The number of nitrogens with two attached hydrogens (primary N) is 1. The van der Waals surface area contributed by atoms with Gasteiger partial charge in [0.05, 0.1) is 5.56 Å². The van der Waals surface area contributed by atoms with Gasteiger partial charge in [-0.15, -0.1) is 0 Å². The Hall–Kier alpha value is -1.97. The second kappa shape index (κ2) is 6.20. The van der Waals surface area contributed by atoms with Crippen molar-refractivity contribution in [1.82, 2.24) is 4.90 Å². The van der Waals surface area contributed by atoms with Crippen LogP contribution in [0.3, 0.4) is 0 Å². The number of nitrogens with zero attached hydrogens (tertiary/aromatic N) is 1. The van der Waals surface area contributed by atoms with E-state index in [2.05, 4.69) is 0 Å². The standard InChI is InChI=1S/C11H10F6N2O2/c12-6-3-5(7(13)9(20)8(6)14)10(21)19(2-1-18)4-11(15,16)17/h3,20H,1-2,4,18H2. The van der Waals surface area contributed by atoms with Crippen LogP contribution in [0.4, 0.5) is 26.3 Å². The van der Waals surface area contributed by atoms with Crippen molar-refractivity contribution in [1.29, 1.82) is 0 Å². The smallest absolute Gasteiger partial charge is 0.406 e. The van der Waals surface area contributed by atoms with Gasteiger partial charge < -0.3 is 15.7 Å². The van der Waals surface area contributed by atoms with E-state index in [9.17, 15) is 31.1 Å². The maximum absolute atomic E-state index is 13.5. The first-order chi connectivity index (χ1) is 9.58. The molecule has 21 heavy (non-hydrogen) atoms. The molecular weight excluding hydrogens is 306 g/mol. The largest absolute Gasteiger partial charge is 0.503 e. The van der Waals surface area contributed by atoms with Gasteiger partial charge in [-0.05, 0) is 6.07 Å². The Morgan fingerprint density at radius 1 is 1.24 bits per heavy atom. The number of carbonyl (C=O) groups is 1. The van der Waals surface area contributed by atoms with Gasteiger partial charge in [0.1, 0.15) is 6.54 Å². The topological polar surface area (TPSA) is 66.6 Å². The molecule has 118 valence electrons. The van der Waals surface area contributed by atoms with Crippen LogP contribution in [0.25, 0.3) is 0 Å². The lowest BCUT2D eigenvalue weighted by Crippen LogP contribution is -2.42. The van der Waals surface area contributed by atoms with Crippen molar-refractivity contribution in [2.75, 3.05) is 19.6 Å². The SMILES string of the molecule is NCCN(CC(F)(F)F)C(=O)c1cc(F)c(F)c(O)c1F. The normalized spacial score (nSPS) is 11.6. The van der Waals surface area contributed by atoms with Crippen LogP contribution >= 0.6 is 0 Å². The van der Waals surface area contributed by atoms with E-state index in [-0.39, 0.29) is 17.5 Å². The van der Waals surface area contributed by atoms with E-state index in [1.54, 1.807) is 0 Å². The second-order valence-corrected chi connectivity index (χ2v) is 4.01. The number of rotatable bonds is 4. The quantitative estimate of drug-likeness (QED) is 0.657. The van der Waals surface area contributed by atoms with Crippen LogP contribution in [0.2, 0.25) is 0 Å². The van der Waals surface area contributed by atoms with Gasteiger partial charge >= 0.3 is 6.18 Å². The van der Waals surface area contributed by atoms with E-state index in [4.69, 9.17) is 10.8 Å². The van der Waals surface area contributed by atoms with Crippen LogP contribution in [-0.4, -0.2) is 41.7 Å². The first kappa shape index (κ1) is 17.1. The Balaban J connectivity index is 3.21. The van der Waals surface area contributed by atoms with Gasteiger partial charge in [0.2, 0.25) is 5.82 Å². The number of alkyl halides is 3. The number of phenolic OH excluding ortho intramolecular Hbond substituents is 1. The van der Waals surface area contributed by atoms with Crippen molar-refractivity contribution in [3.05, 3.63) is 29.1 Å². The lowest BCUT2D eigenvalue weighted by Gasteiger charge is -2.23. The van der Waals surface area contributed by atoms with Crippen LogP contribution in [-0.2, 0) is 0 Å². The Bertz CT molecular complexity index is 546. The van der Waals surface area contributed by atoms with E-state index in [0.29, 0.717) is 0 Å². The number of halogens is 6. The molecule has 0 spiro atoms. The molecule has 0 heterocycles. The summed E-state index contributed by atoms with van der Waals surface area (Å²) in [6, 6.07) is 0.0760. The zero-order valence-electron chi connectivity index (χ0n) is 10.3. The Morgan fingerprint density at radius 3 is 2.29 bits per heavy atom. The molecule has 3 N–H and O–H groups in total. The molecule has 0 unspecified atom stereocenters. The third-order valence-electron chi connectivity index (χ3n) is 2.42. The molecular formula is C11H10F6N2O2. The highest BCUT2D eigenvalue weighted by Crippen LogP contribution is 2.27. The minimum atomic E-state index is -4.79. The molecule has 0 aliphatic heterocycles. The number of hydrogen-bond donors (Lipinski definition) is 2. The van der Waals surface area contributed by atoms with Crippen LogP contribution in [0.5, 0.6) is 5.75 Å².